The largest absolute Gasteiger partial charge is 0.457 e. The molecule has 0 saturated heterocycles. The zero-order valence-corrected chi connectivity index (χ0v) is 10.8. The average Bonchev–Trinajstić information content (AvgIpc) is 2.17. The minimum absolute atomic E-state index is 0.291. The highest BCUT2D eigenvalue weighted by Gasteiger charge is 2.14. The van der Waals surface area contributed by atoms with E-state index in [-0.39, 0.29) is 6.10 Å². The van der Waals surface area contributed by atoms with Gasteiger partial charge in [-0.1, -0.05) is 15.9 Å². The molecular weight excluding hydrogens is 274 g/mol. The van der Waals surface area contributed by atoms with Crippen molar-refractivity contribution in [3.05, 3.63) is 28.2 Å². The van der Waals surface area contributed by atoms with Gasteiger partial charge < -0.3 is 15.2 Å². The molecule has 5 heteroatoms. The number of nitrogens with two attached hydrogens (primary N) is 1. The fourth-order valence-electron chi connectivity index (χ4n) is 1.23. The maximum absolute atomic E-state index is 11.7. The third-order valence-corrected chi connectivity index (χ3v) is 2.44. The van der Waals surface area contributed by atoms with E-state index in [1.165, 1.54) is 0 Å². The molecule has 0 radical (unpaired) electrons. The van der Waals surface area contributed by atoms with Crippen LogP contribution in [0.1, 0.15) is 17.3 Å². The van der Waals surface area contributed by atoms with E-state index in [0.717, 1.165) is 4.47 Å². The van der Waals surface area contributed by atoms with Crippen LogP contribution in [0, 0.1) is 0 Å². The van der Waals surface area contributed by atoms with Gasteiger partial charge in [0, 0.05) is 17.3 Å². The zero-order valence-electron chi connectivity index (χ0n) is 9.20. The highest BCUT2D eigenvalue weighted by molar-refractivity contribution is 9.10. The summed E-state index contributed by atoms with van der Waals surface area (Å²) in [7, 11) is 1.55. The van der Waals surface area contributed by atoms with Gasteiger partial charge in [0.15, 0.2) is 0 Å². The van der Waals surface area contributed by atoms with Crippen molar-refractivity contribution in [2.45, 2.75) is 13.0 Å². The predicted molar refractivity (Wildman–Crippen MR) is 65.3 cm³/mol. The molecule has 0 spiro atoms. The van der Waals surface area contributed by atoms with E-state index < -0.39 is 5.97 Å². The molecule has 16 heavy (non-hydrogen) atoms. The molecule has 1 rings (SSSR count). The highest BCUT2D eigenvalue weighted by atomic mass is 79.9. The lowest BCUT2D eigenvalue weighted by molar-refractivity contribution is 0.0121. The maximum Gasteiger partial charge on any atom is 0.340 e. The summed E-state index contributed by atoms with van der Waals surface area (Å²) in [6, 6.07) is 5.03. The summed E-state index contributed by atoms with van der Waals surface area (Å²) >= 11 is 3.27. The third kappa shape index (κ3) is 3.50. The van der Waals surface area contributed by atoms with Crippen molar-refractivity contribution in [1.82, 2.24) is 0 Å². The molecule has 0 aliphatic rings. The van der Waals surface area contributed by atoms with Gasteiger partial charge in [-0.25, -0.2) is 4.79 Å². The van der Waals surface area contributed by atoms with Crippen LogP contribution < -0.4 is 5.73 Å². The Morgan fingerprint density at radius 1 is 1.56 bits per heavy atom. The van der Waals surface area contributed by atoms with Crippen LogP contribution in [0.4, 0.5) is 5.69 Å². The van der Waals surface area contributed by atoms with Crippen molar-refractivity contribution >= 4 is 27.6 Å². The molecule has 1 aromatic rings. The van der Waals surface area contributed by atoms with Gasteiger partial charge >= 0.3 is 5.97 Å². The number of carbonyl (C=O) groups is 1. The van der Waals surface area contributed by atoms with Gasteiger partial charge in [0.2, 0.25) is 0 Å². The van der Waals surface area contributed by atoms with E-state index in [4.69, 9.17) is 15.2 Å². The molecule has 0 saturated carbocycles. The number of anilines is 1. The molecule has 1 unspecified atom stereocenters. The molecule has 88 valence electrons. The number of methoxy groups -OCH3 is 1. The Hall–Kier alpha value is -1.07. The van der Waals surface area contributed by atoms with E-state index in [0.29, 0.717) is 17.9 Å². The lowest BCUT2D eigenvalue weighted by Crippen LogP contribution is -2.20. The van der Waals surface area contributed by atoms with E-state index in [9.17, 15) is 4.79 Å². The number of benzene rings is 1. The third-order valence-electron chi connectivity index (χ3n) is 1.94. The first-order valence-corrected chi connectivity index (χ1v) is 5.59. The monoisotopic (exact) mass is 287 g/mol. The zero-order chi connectivity index (χ0) is 12.1. The molecule has 0 aromatic heterocycles. The fraction of sp³-hybridized carbons (Fsp3) is 0.364. The van der Waals surface area contributed by atoms with Crippen molar-refractivity contribution < 1.29 is 14.3 Å². The minimum Gasteiger partial charge on any atom is -0.457 e. The van der Waals surface area contributed by atoms with Gasteiger partial charge in [-0.2, -0.15) is 0 Å². The fourth-order valence-corrected chi connectivity index (χ4v) is 1.61. The van der Waals surface area contributed by atoms with Crippen LogP contribution >= 0.6 is 15.9 Å². The lowest BCUT2D eigenvalue weighted by Gasteiger charge is -2.13. The Kier molecular flexibility index (Phi) is 4.76. The predicted octanol–water partition coefficient (Wildman–Crippen LogP) is 2.22. The van der Waals surface area contributed by atoms with Crippen LogP contribution in [0.3, 0.4) is 0 Å². The highest BCUT2D eigenvalue weighted by Crippen LogP contribution is 2.19. The normalized spacial score (nSPS) is 12.2. The van der Waals surface area contributed by atoms with Crippen LogP contribution in [0.25, 0.3) is 0 Å². The Morgan fingerprint density at radius 2 is 2.25 bits per heavy atom. The lowest BCUT2D eigenvalue weighted by atomic mass is 10.2. The van der Waals surface area contributed by atoms with Crippen molar-refractivity contribution in [2.75, 3.05) is 19.5 Å². The number of rotatable bonds is 4. The molecule has 1 aromatic carbocycles. The van der Waals surface area contributed by atoms with Gasteiger partial charge in [0.05, 0.1) is 12.2 Å². The summed E-state index contributed by atoms with van der Waals surface area (Å²) in [5, 5.41) is 0. The van der Waals surface area contributed by atoms with Crippen LogP contribution in [-0.4, -0.2) is 25.8 Å². The first-order chi connectivity index (χ1) is 7.54. The Bertz CT molecular complexity index is 381. The molecule has 4 nitrogen and oxygen atoms in total. The van der Waals surface area contributed by atoms with Gasteiger partial charge in [-0.05, 0) is 25.1 Å². The summed E-state index contributed by atoms with van der Waals surface area (Å²) in [5.41, 5.74) is 6.47. The minimum atomic E-state index is -0.436. The van der Waals surface area contributed by atoms with Gasteiger partial charge in [0.25, 0.3) is 0 Å². The number of hydrogen-bond acceptors (Lipinski definition) is 4. The topological polar surface area (TPSA) is 61.5 Å². The van der Waals surface area contributed by atoms with E-state index in [1.807, 2.05) is 0 Å². The summed E-state index contributed by atoms with van der Waals surface area (Å²) in [6.45, 7) is 2.12. The van der Waals surface area contributed by atoms with Gasteiger partial charge in [-0.3, -0.25) is 0 Å². The molecule has 0 fully saturated rings. The number of carbonyl (C=O) groups excluding carboxylic acids is 1. The summed E-state index contributed by atoms with van der Waals surface area (Å²) in [4.78, 5) is 11.7. The van der Waals surface area contributed by atoms with E-state index >= 15 is 0 Å². The molecular formula is C11H14BrNO3. The van der Waals surface area contributed by atoms with Gasteiger partial charge in [-0.15, -0.1) is 0 Å². The molecule has 0 aliphatic carbocycles. The van der Waals surface area contributed by atoms with Crippen molar-refractivity contribution in [2.24, 2.45) is 0 Å². The quantitative estimate of drug-likeness (QED) is 0.681. The second-order valence-electron chi connectivity index (χ2n) is 3.40. The summed E-state index contributed by atoms with van der Waals surface area (Å²) in [6.07, 6.45) is -0.291. The standard InChI is InChI=1S/C11H14BrNO3/c1-7(6-15-2)16-11(14)9-4-3-8(12)5-10(9)13/h3-5,7H,6,13H2,1-2H3. The number of hydrogen-bond donors (Lipinski definition) is 1. The number of esters is 1. The number of halogens is 1. The smallest absolute Gasteiger partial charge is 0.340 e. The summed E-state index contributed by atoms with van der Waals surface area (Å²) in [5.74, 6) is -0.436. The molecule has 0 amide bonds. The Morgan fingerprint density at radius 3 is 2.81 bits per heavy atom. The number of nitrogen functional groups attached to an aromatic ring is 1. The molecule has 0 aliphatic heterocycles. The SMILES string of the molecule is COCC(C)OC(=O)c1ccc(Br)cc1N. The molecule has 2 N–H and O–H groups in total. The second-order valence-corrected chi connectivity index (χ2v) is 4.32. The summed E-state index contributed by atoms with van der Waals surface area (Å²) < 4.78 is 10.8. The second kappa shape index (κ2) is 5.86. The molecule has 1 atom stereocenters. The van der Waals surface area contributed by atoms with Crippen molar-refractivity contribution in [3.8, 4) is 0 Å². The Labute approximate surface area is 103 Å². The van der Waals surface area contributed by atoms with Crippen LogP contribution in [0.2, 0.25) is 0 Å². The maximum atomic E-state index is 11.7. The average molecular weight is 288 g/mol. The van der Waals surface area contributed by atoms with Crippen LogP contribution in [0.15, 0.2) is 22.7 Å². The van der Waals surface area contributed by atoms with Crippen molar-refractivity contribution in [3.63, 3.8) is 0 Å². The van der Waals surface area contributed by atoms with Crippen LogP contribution in [-0.2, 0) is 9.47 Å². The first-order valence-electron chi connectivity index (χ1n) is 4.79. The number of ether oxygens (including phenoxy) is 2. The molecule has 0 bridgehead atoms. The van der Waals surface area contributed by atoms with E-state index in [2.05, 4.69) is 15.9 Å². The first kappa shape index (κ1) is 13.0. The van der Waals surface area contributed by atoms with Gasteiger partial charge in [0.1, 0.15) is 6.10 Å². The van der Waals surface area contributed by atoms with E-state index in [1.54, 1.807) is 32.2 Å². The molecule has 0 heterocycles. The van der Waals surface area contributed by atoms with Crippen molar-refractivity contribution in [1.29, 1.82) is 0 Å². The Balaban J connectivity index is 2.73. The van der Waals surface area contributed by atoms with Crippen LogP contribution in [0.5, 0.6) is 0 Å².